The van der Waals surface area contributed by atoms with Gasteiger partial charge in [0.05, 0.1) is 28.7 Å². The zero-order chi connectivity index (χ0) is 25.5. The maximum atomic E-state index is 15.5. The van der Waals surface area contributed by atoms with Gasteiger partial charge in [-0.25, -0.2) is 4.39 Å². The van der Waals surface area contributed by atoms with Gasteiger partial charge in [-0.1, -0.05) is 68.2 Å². The van der Waals surface area contributed by atoms with Gasteiger partial charge in [0.1, 0.15) is 5.82 Å². The van der Waals surface area contributed by atoms with Crippen molar-refractivity contribution in [3.05, 3.63) is 69.5 Å². The van der Waals surface area contributed by atoms with Gasteiger partial charge in [0.2, 0.25) is 5.91 Å². The SMILES string of the molecule is CC(C)(C)CC1NC(C(=O)NC(C)(C)CO)C(c2cccc(Cl)c2F)C1(N)c1ccc(Cl)cc1. The van der Waals surface area contributed by atoms with Crippen LogP contribution in [-0.2, 0) is 10.3 Å². The minimum absolute atomic E-state index is 0.0370. The lowest BCUT2D eigenvalue weighted by atomic mass is 9.68. The summed E-state index contributed by atoms with van der Waals surface area (Å²) in [6.45, 7) is 9.46. The van der Waals surface area contributed by atoms with Crippen molar-refractivity contribution >= 4 is 29.1 Å². The predicted octanol–water partition coefficient (Wildman–Crippen LogP) is 4.73. The first kappa shape index (κ1) is 26.9. The molecule has 1 amide bonds. The largest absolute Gasteiger partial charge is 0.394 e. The lowest BCUT2D eigenvalue weighted by Gasteiger charge is -2.40. The van der Waals surface area contributed by atoms with Crippen LogP contribution in [0.3, 0.4) is 0 Å². The molecular weight excluding hydrogens is 476 g/mol. The van der Waals surface area contributed by atoms with Crippen LogP contribution in [0.1, 0.15) is 58.1 Å². The summed E-state index contributed by atoms with van der Waals surface area (Å²) < 4.78 is 15.5. The van der Waals surface area contributed by atoms with Crippen LogP contribution in [0.4, 0.5) is 4.39 Å². The third-order valence-electron chi connectivity index (χ3n) is 6.42. The third kappa shape index (κ3) is 5.42. The molecule has 0 spiro atoms. The van der Waals surface area contributed by atoms with Crippen LogP contribution >= 0.6 is 23.2 Å². The molecule has 0 aromatic heterocycles. The molecular formula is C26H34Cl2FN3O2. The molecule has 5 N–H and O–H groups in total. The molecule has 186 valence electrons. The minimum atomic E-state index is -1.16. The van der Waals surface area contributed by atoms with Crippen molar-refractivity contribution in [1.29, 1.82) is 0 Å². The fraction of sp³-hybridized carbons (Fsp3) is 0.500. The second-order valence-corrected chi connectivity index (χ2v) is 11.9. The summed E-state index contributed by atoms with van der Waals surface area (Å²) in [5.41, 5.74) is 6.09. The zero-order valence-corrected chi connectivity index (χ0v) is 21.8. The Labute approximate surface area is 211 Å². The first-order valence-electron chi connectivity index (χ1n) is 11.4. The molecule has 0 aliphatic carbocycles. The normalized spacial score (nSPS) is 25.4. The fourth-order valence-corrected chi connectivity index (χ4v) is 5.09. The molecule has 2 aromatic rings. The highest BCUT2D eigenvalue weighted by molar-refractivity contribution is 6.31. The van der Waals surface area contributed by atoms with Crippen LogP contribution in [0, 0.1) is 11.2 Å². The Morgan fingerprint density at radius 3 is 2.32 bits per heavy atom. The van der Waals surface area contributed by atoms with E-state index in [4.69, 9.17) is 28.9 Å². The van der Waals surface area contributed by atoms with Crippen molar-refractivity contribution < 1.29 is 14.3 Å². The van der Waals surface area contributed by atoms with E-state index in [1.165, 1.54) is 6.07 Å². The molecule has 1 fully saturated rings. The van der Waals surface area contributed by atoms with Crippen LogP contribution in [-0.4, -0.2) is 35.2 Å². The third-order valence-corrected chi connectivity index (χ3v) is 6.97. The van der Waals surface area contributed by atoms with Crippen molar-refractivity contribution in [3.63, 3.8) is 0 Å². The van der Waals surface area contributed by atoms with E-state index in [1.807, 2.05) is 12.1 Å². The van der Waals surface area contributed by atoms with E-state index in [2.05, 4.69) is 31.4 Å². The van der Waals surface area contributed by atoms with Gasteiger partial charge in [-0.2, -0.15) is 0 Å². The number of hydrogen-bond donors (Lipinski definition) is 4. The summed E-state index contributed by atoms with van der Waals surface area (Å²) in [7, 11) is 0. The molecule has 4 atom stereocenters. The lowest BCUT2D eigenvalue weighted by molar-refractivity contribution is -0.125. The highest BCUT2D eigenvalue weighted by atomic mass is 35.5. The number of hydrogen-bond acceptors (Lipinski definition) is 4. The molecule has 8 heteroatoms. The second-order valence-electron chi connectivity index (χ2n) is 11.1. The summed E-state index contributed by atoms with van der Waals surface area (Å²) in [5.74, 6) is -1.76. The zero-order valence-electron chi connectivity index (χ0n) is 20.3. The highest BCUT2D eigenvalue weighted by Crippen LogP contribution is 2.49. The van der Waals surface area contributed by atoms with Crippen molar-refractivity contribution in [2.24, 2.45) is 11.1 Å². The monoisotopic (exact) mass is 509 g/mol. The lowest BCUT2D eigenvalue weighted by Crippen LogP contribution is -2.54. The van der Waals surface area contributed by atoms with Crippen LogP contribution in [0.2, 0.25) is 10.0 Å². The maximum absolute atomic E-state index is 15.5. The number of halogens is 3. The molecule has 2 aromatic carbocycles. The number of nitrogens with two attached hydrogens (primary N) is 1. The van der Waals surface area contributed by atoms with Crippen molar-refractivity contribution in [1.82, 2.24) is 10.6 Å². The Hall–Kier alpha value is -1.70. The van der Waals surface area contributed by atoms with Crippen molar-refractivity contribution in [3.8, 4) is 0 Å². The van der Waals surface area contributed by atoms with E-state index >= 15 is 4.39 Å². The van der Waals surface area contributed by atoms with Crippen LogP contribution < -0.4 is 16.4 Å². The fourth-order valence-electron chi connectivity index (χ4n) is 4.78. The van der Waals surface area contributed by atoms with Crippen LogP contribution in [0.5, 0.6) is 0 Å². The molecule has 0 bridgehead atoms. The maximum Gasteiger partial charge on any atom is 0.238 e. The Balaban J connectivity index is 2.24. The summed E-state index contributed by atoms with van der Waals surface area (Å²) in [4.78, 5) is 13.6. The number of carbonyl (C=O) groups is 1. The summed E-state index contributed by atoms with van der Waals surface area (Å²) in [5, 5.41) is 16.5. The molecule has 3 rings (SSSR count). The minimum Gasteiger partial charge on any atom is -0.394 e. The van der Waals surface area contributed by atoms with Crippen molar-refractivity contribution in [2.75, 3.05) is 6.61 Å². The molecule has 0 saturated carbocycles. The van der Waals surface area contributed by atoms with E-state index in [-0.39, 0.29) is 34.6 Å². The number of aliphatic hydroxyl groups excluding tert-OH is 1. The van der Waals surface area contributed by atoms with Crippen molar-refractivity contribution in [2.45, 2.75) is 70.1 Å². The number of nitrogens with one attached hydrogen (secondary N) is 2. The number of carbonyl (C=O) groups excluding carboxylic acids is 1. The van der Waals surface area contributed by atoms with E-state index in [0.29, 0.717) is 11.4 Å². The van der Waals surface area contributed by atoms with Gasteiger partial charge in [-0.05, 0) is 55.0 Å². The number of rotatable bonds is 6. The molecule has 34 heavy (non-hydrogen) atoms. The molecule has 4 unspecified atom stereocenters. The molecule has 1 saturated heterocycles. The standard InChI is InChI=1S/C26H34Cl2FN3O2/c1-24(2,3)13-19-26(30,15-9-11-16(27)12-10-15)20(17-7-6-8-18(28)21(17)29)22(31-19)23(34)32-25(4,5)14-33/h6-12,19-20,22,31,33H,13-14,30H2,1-5H3,(H,32,34). The molecule has 1 heterocycles. The quantitative estimate of drug-likeness (QED) is 0.453. The van der Waals surface area contributed by atoms with Crippen LogP contribution in [0.15, 0.2) is 42.5 Å². The number of aliphatic hydroxyl groups is 1. The van der Waals surface area contributed by atoms with Gasteiger partial charge in [0.15, 0.2) is 0 Å². The van der Waals surface area contributed by atoms with E-state index in [1.54, 1.807) is 38.1 Å². The summed E-state index contributed by atoms with van der Waals surface area (Å²) >= 11 is 12.3. The van der Waals surface area contributed by atoms with Gasteiger partial charge in [0.25, 0.3) is 0 Å². The Morgan fingerprint density at radius 1 is 1.15 bits per heavy atom. The summed E-state index contributed by atoms with van der Waals surface area (Å²) in [6, 6.07) is 10.7. The van der Waals surface area contributed by atoms with Gasteiger partial charge in [-0.15, -0.1) is 0 Å². The first-order valence-corrected chi connectivity index (χ1v) is 12.1. The van der Waals surface area contributed by atoms with E-state index < -0.39 is 28.9 Å². The number of benzene rings is 2. The summed E-state index contributed by atoms with van der Waals surface area (Å²) in [6.07, 6.45) is 0.623. The predicted molar refractivity (Wildman–Crippen MR) is 136 cm³/mol. The topological polar surface area (TPSA) is 87.4 Å². The smallest absolute Gasteiger partial charge is 0.238 e. The second kappa shape index (κ2) is 9.75. The molecule has 0 radical (unpaired) electrons. The van der Waals surface area contributed by atoms with E-state index in [0.717, 1.165) is 5.56 Å². The van der Waals surface area contributed by atoms with E-state index in [9.17, 15) is 9.90 Å². The van der Waals surface area contributed by atoms with Crippen LogP contribution in [0.25, 0.3) is 0 Å². The average Bonchev–Trinajstić information content (AvgIpc) is 3.02. The Morgan fingerprint density at radius 2 is 1.76 bits per heavy atom. The van der Waals surface area contributed by atoms with Gasteiger partial charge in [0, 0.05) is 17.0 Å². The molecule has 1 aliphatic rings. The Bertz CT molecular complexity index is 1040. The highest BCUT2D eigenvalue weighted by Gasteiger charge is 2.57. The Kier molecular flexibility index (Phi) is 7.71. The van der Waals surface area contributed by atoms with Gasteiger partial charge < -0.3 is 21.5 Å². The molecule has 1 aliphatic heterocycles. The number of amides is 1. The van der Waals surface area contributed by atoms with Gasteiger partial charge in [-0.3, -0.25) is 4.79 Å². The average molecular weight is 510 g/mol. The van der Waals surface area contributed by atoms with Gasteiger partial charge >= 0.3 is 0 Å². The first-order chi connectivity index (χ1) is 15.7. The molecule has 5 nitrogen and oxygen atoms in total.